The summed E-state index contributed by atoms with van der Waals surface area (Å²) in [6, 6.07) is 1.48. The van der Waals surface area contributed by atoms with E-state index in [0.717, 1.165) is 24.9 Å². The molecule has 0 aliphatic carbocycles. The molecule has 18 heavy (non-hydrogen) atoms. The number of piperidine rings is 1. The van der Waals surface area contributed by atoms with Crippen molar-refractivity contribution in [1.82, 2.24) is 9.88 Å². The Hall–Kier alpha value is -1.49. The Morgan fingerprint density at radius 3 is 3.17 bits per heavy atom. The minimum absolute atomic E-state index is 0.0646. The smallest absolute Gasteiger partial charge is 0.309 e. The van der Waals surface area contributed by atoms with Crippen molar-refractivity contribution in [3.05, 3.63) is 29.8 Å². The zero-order valence-corrected chi connectivity index (χ0v) is 10.4. The van der Waals surface area contributed by atoms with Crippen molar-refractivity contribution in [2.24, 2.45) is 5.92 Å². The predicted octanol–water partition coefficient (Wildman–Crippen LogP) is 1.61. The molecule has 1 unspecified atom stereocenters. The molecule has 0 amide bonds. The first kappa shape index (κ1) is 13.0. The molecular formula is C13H17FN2O2. The third-order valence-electron chi connectivity index (χ3n) is 3.21. The van der Waals surface area contributed by atoms with Crippen LogP contribution in [-0.4, -0.2) is 36.1 Å². The number of likely N-dealkylation sites (tertiary alicyclic amines) is 1. The van der Waals surface area contributed by atoms with Gasteiger partial charge < -0.3 is 4.74 Å². The molecule has 0 radical (unpaired) electrons. The third-order valence-corrected chi connectivity index (χ3v) is 3.21. The van der Waals surface area contributed by atoms with Gasteiger partial charge in [-0.15, -0.1) is 0 Å². The summed E-state index contributed by atoms with van der Waals surface area (Å²) in [5.74, 6) is -0.545. The highest BCUT2D eigenvalue weighted by Crippen LogP contribution is 2.19. The zero-order valence-electron chi connectivity index (χ0n) is 10.4. The lowest BCUT2D eigenvalue weighted by Gasteiger charge is -2.31. The number of carbonyl (C=O) groups is 1. The first-order valence-corrected chi connectivity index (χ1v) is 6.08. The van der Waals surface area contributed by atoms with Gasteiger partial charge in [0.25, 0.3) is 0 Å². The molecule has 0 saturated carbocycles. The van der Waals surface area contributed by atoms with E-state index in [0.29, 0.717) is 13.1 Å². The quantitative estimate of drug-likeness (QED) is 0.766. The number of rotatable bonds is 3. The Bertz CT molecular complexity index is 425. The molecule has 0 bridgehead atoms. The second-order valence-electron chi connectivity index (χ2n) is 4.61. The van der Waals surface area contributed by atoms with Gasteiger partial charge in [0, 0.05) is 19.3 Å². The highest BCUT2D eigenvalue weighted by atomic mass is 19.1. The second kappa shape index (κ2) is 5.91. The molecule has 1 aromatic heterocycles. The van der Waals surface area contributed by atoms with E-state index in [9.17, 15) is 9.18 Å². The average molecular weight is 252 g/mol. The molecule has 1 saturated heterocycles. The number of halogens is 1. The SMILES string of the molecule is COC(=O)C1CCCN(Cc2cncc(F)c2)C1. The Kier molecular flexibility index (Phi) is 4.25. The van der Waals surface area contributed by atoms with Crippen LogP contribution in [0.3, 0.4) is 0 Å². The fraction of sp³-hybridized carbons (Fsp3) is 0.538. The van der Waals surface area contributed by atoms with Gasteiger partial charge >= 0.3 is 5.97 Å². The molecule has 0 N–H and O–H groups in total. The lowest BCUT2D eigenvalue weighted by Crippen LogP contribution is -2.38. The first-order chi connectivity index (χ1) is 8.69. The Morgan fingerprint density at radius 1 is 1.61 bits per heavy atom. The van der Waals surface area contributed by atoms with Crippen molar-refractivity contribution in [2.75, 3.05) is 20.2 Å². The molecular weight excluding hydrogens is 235 g/mol. The summed E-state index contributed by atoms with van der Waals surface area (Å²) in [6.07, 6.45) is 4.68. The van der Waals surface area contributed by atoms with Gasteiger partial charge in [0.05, 0.1) is 19.2 Å². The molecule has 2 heterocycles. The van der Waals surface area contributed by atoms with E-state index >= 15 is 0 Å². The maximum Gasteiger partial charge on any atom is 0.309 e. The van der Waals surface area contributed by atoms with Gasteiger partial charge in [-0.05, 0) is 31.0 Å². The van der Waals surface area contributed by atoms with Crippen LogP contribution >= 0.6 is 0 Å². The van der Waals surface area contributed by atoms with Crippen LogP contribution in [-0.2, 0) is 16.1 Å². The fourth-order valence-electron chi connectivity index (χ4n) is 2.36. The summed E-state index contributed by atoms with van der Waals surface area (Å²) in [5.41, 5.74) is 0.834. The second-order valence-corrected chi connectivity index (χ2v) is 4.61. The number of methoxy groups -OCH3 is 1. The van der Waals surface area contributed by atoms with Crippen molar-refractivity contribution in [3.8, 4) is 0 Å². The van der Waals surface area contributed by atoms with Crippen molar-refractivity contribution in [1.29, 1.82) is 0 Å². The summed E-state index contributed by atoms with van der Waals surface area (Å²) < 4.78 is 17.8. The monoisotopic (exact) mass is 252 g/mol. The Morgan fingerprint density at radius 2 is 2.44 bits per heavy atom. The normalized spacial score (nSPS) is 20.7. The molecule has 1 fully saturated rings. The van der Waals surface area contributed by atoms with Crippen LogP contribution in [0.25, 0.3) is 0 Å². The number of hydrogen-bond donors (Lipinski definition) is 0. The Balaban J connectivity index is 1.95. The van der Waals surface area contributed by atoms with Crippen LogP contribution in [0.4, 0.5) is 4.39 Å². The summed E-state index contributed by atoms with van der Waals surface area (Å²) in [5, 5.41) is 0. The van der Waals surface area contributed by atoms with Gasteiger partial charge in [-0.3, -0.25) is 14.7 Å². The standard InChI is InChI=1S/C13H17FN2O2/c1-18-13(17)11-3-2-4-16(9-11)8-10-5-12(14)7-15-6-10/h5-7,11H,2-4,8-9H2,1H3. The van der Waals surface area contributed by atoms with Gasteiger partial charge in [-0.1, -0.05) is 0 Å². The first-order valence-electron chi connectivity index (χ1n) is 6.08. The number of pyridine rings is 1. The fourth-order valence-corrected chi connectivity index (χ4v) is 2.36. The van der Waals surface area contributed by atoms with E-state index in [-0.39, 0.29) is 17.7 Å². The van der Waals surface area contributed by atoms with E-state index in [1.165, 1.54) is 19.4 Å². The maximum absolute atomic E-state index is 13.0. The number of hydrogen-bond acceptors (Lipinski definition) is 4. The predicted molar refractivity (Wildman–Crippen MR) is 64.2 cm³/mol. The minimum atomic E-state index is -0.325. The molecule has 1 aliphatic heterocycles. The summed E-state index contributed by atoms with van der Waals surface area (Å²) in [7, 11) is 1.41. The molecule has 2 rings (SSSR count). The molecule has 1 atom stereocenters. The van der Waals surface area contributed by atoms with Crippen LogP contribution < -0.4 is 0 Å². The molecule has 98 valence electrons. The van der Waals surface area contributed by atoms with Crippen molar-refractivity contribution >= 4 is 5.97 Å². The minimum Gasteiger partial charge on any atom is -0.469 e. The van der Waals surface area contributed by atoms with E-state index in [1.54, 1.807) is 6.20 Å². The van der Waals surface area contributed by atoms with Gasteiger partial charge in [0.2, 0.25) is 0 Å². The third kappa shape index (κ3) is 3.26. The lowest BCUT2D eigenvalue weighted by atomic mass is 9.98. The van der Waals surface area contributed by atoms with E-state index < -0.39 is 0 Å². The van der Waals surface area contributed by atoms with Crippen LogP contribution in [0.2, 0.25) is 0 Å². The topological polar surface area (TPSA) is 42.4 Å². The van der Waals surface area contributed by atoms with Crippen LogP contribution in [0.1, 0.15) is 18.4 Å². The molecule has 4 nitrogen and oxygen atoms in total. The van der Waals surface area contributed by atoms with Gasteiger partial charge in [-0.2, -0.15) is 0 Å². The van der Waals surface area contributed by atoms with Crippen LogP contribution in [0.5, 0.6) is 0 Å². The summed E-state index contributed by atoms with van der Waals surface area (Å²) in [4.78, 5) is 17.5. The van der Waals surface area contributed by atoms with Gasteiger partial charge in [0.1, 0.15) is 5.82 Å². The van der Waals surface area contributed by atoms with Gasteiger partial charge in [-0.25, -0.2) is 4.39 Å². The van der Waals surface area contributed by atoms with Crippen molar-refractivity contribution < 1.29 is 13.9 Å². The number of ether oxygens (including phenoxy) is 1. The molecule has 1 aliphatic rings. The maximum atomic E-state index is 13.0. The number of nitrogens with zero attached hydrogens (tertiary/aromatic N) is 2. The lowest BCUT2D eigenvalue weighted by molar-refractivity contribution is -0.147. The van der Waals surface area contributed by atoms with E-state index in [4.69, 9.17) is 4.74 Å². The average Bonchev–Trinajstić information content (AvgIpc) is 2.38. The number of esters is 1. The molecule has 5 heteroatoms. The van der Waals surface area contributed by atoms with Crippen molar-refractivity contribution in [2.45, 2.75) is 19.4 Å². The molecule has 1 aromatic rings. The van der Waals surface area contributed by atoms with Crippen molar-refractivity contribution in [3.63, 3.8) is 0 Å². The summed E-state index contributed by atoms with van der Waals surface area (Å²) in [6.45, 7) is 2.21. The summed E-state index contributed by atoms with van der Waals surface area (Å²) >= 11 is 0. The van der Waals surface area contributed by atoms with Gasteiger partial charge in [0.15, 0.2) is 0 Å². The largest absolute Gasteiger partial charge is 0.469 e. The Labute approximate surface area is 106 Å². The van der Waals surface area contributed by atoms with E-state index in [2.05, 4.69) is 9.88 Å². The van der Waals surface area contributed by atoms with E-state index in [1.807, 2.05) is 0 Å². The highest BCUT2D eigenvalue weighted by molar-refractivity contribution is 5.72. The molecule has 0 aromatic carbocycles. The highest BCUT2D eigenvalue weighted by Gasteiger charge is 2.26. The number of carbonyl (C=O) groups excluding carboxylic acids is 1. The zero-order chi connectivity index (χ0) is 13.0. The molecule has 0 spiro atoms. The van der Waals surface area contributed by atoms with Crippen LogP contribution in [0, 0.1) is 11.7 Å². The van der Waals surface area contributed by atoms with Crippen LogP contribution in [0.15, 0.2) is 18.5 Å². The number of aromatic nitrogens is 1.